The Labute approximate surface area is 79.3 Å². The number of halogens is 7. The molecule has 1 aromatic carbocycles. The van der Waals surface area contributed by atoms with Gasteiger partial charge in [0.2, 0.25) is 0 Å². The van der Waals surface area contributed by atoms with E-state index < -0.39 is 29.3 Å². The van der Waals surface area contributed by atoms with Crippen LogP contribution in [0.2, 0.25) is 0 Å². The fraction of sp³-hybridized carbons (Fsp3) is 0.250. The zero-order valence-corrected chi connectivity index (χ0v) is 6.88. The van der Waals surface area contributed by atoms with E-state index in [-0.39, 0.29) is 12.1 Å². The topological polar surface area (TPSA) is 0 Å². The second-order valence-electron chi connectivity index (χ2n) is 2.70. The molecule has 0 amide bonds. The molecule has 1 aromatic rings. The van der Waals surface area contributed by atoms with E-state index in [1.165, 1.54) is 0 Å². The lowest BCUT2D eigenvalue weighted by molar-refractivity contribution is -0.290. The second-order valence-corrected chi connectivity index (χ2v) is 2.70. The summed E-state index contributed by atoms with van der Waals surface area (Å²) in [5.41, 5.74) is -1.89. The molecule has 15 heavy (non-hydrogen) atoms. The Morgan fingerprint density at radius 3 is 1.80 bits per heavy atom. The van der Waals surface area contributed by atoms with Crippen molar-refractivity contribution in [3.8, 4) is 0 Å². The van der Waals surface area contributed by atoms with Crippen molar-refractivity contribution in [1.82, 2.24) is 0 Å². The number of benzene rings is 1. The Morgan fingerprint density at radius 2 is 1.40 bits per heavy atom. The molecule has 7 heteroatoms. The molecule has 0 fully saturated rings. The highest BCUT2D eigenvalue weighted by Gasteiger charge is 2.59. The third-order valence-electron chi connectivity index (χ3n) is 1.63. The normalized spacial score (nSPS) is 13.0. The molecule has 0 aliphatic heterocycles. The van der Waals surface area contributed by atoms with Gasteiger partial charge in [-0.1, -0.05) is 0 Å². The van der Waals surface area contributed by atoms with E-state index in [0.717, 1.165) is 0 Å². The van der Waals surface area contributed by atoms with Crippen molar-refractivity contribution in [2.45, 2.75) is 12.1 Å². The summed E-state index contributed by atoms with van der Waals surface area (Å²) in [6, 6.07) is 0.366. The highest BCUT2D eigenvalue weighted by atomic mass is 19.4. The highest BCUT2D eigenvalue weighted by Crippen LogP contribution is 2.44. The predicted molar refractivity (Wildman–Crippen MR) is 36.3 cm³/mol. The van der Waals surface area contributed by atoms with Gasteiger partial charge in [-0.25, -0.2) is 8.78 Å². The van der Waals surface area contributed by atoms with Crippen LogP contribution < -0.4 is 0 Å². The lowest BCUT2D eigenvalue weighted by Crippen LogP contribution is -2.34. The van der Waals surface area contributed by atoms with Crippen molar-refractivity contribution in [1.29, 1.82) is 0 Å². The van der Waals surface area contributed by atoms with Crippen LogP contribution in [0.1, 0.15) is 5.56 Å². The van der Waals surface area contributed by atoms with Crippen molar-refractivity contribution >= 4 is 0 Å². The van der Waals surface area contributed by atoms with E-state index in [1.807, 2.05) is 0 Å². The number of alkyl halides is 5. The van der Waals surface area contributed by atoms with Gasteiger partial charge in [-0.15, -0.1) is 0 Å². The monoisotopic (exact) mass is 232 g/mol. The lowest BCUT2D eigenvalue weighted by Gasteiger charge is -2.20. The molecule has 0 nitrogen and oxygen atoms in total. The molecular weight excluding hydrogens is 229 g/mol. The van der Waals surface area contributed by atoms with Gasteiger partial charge < -0.3 is 0 Å². The second kappa shape index (κ2) is 3.39. The molecule has 0 spiro atoms. The quantitative estimate of drug-likeness (QED) is 0.648. The average molecular weight is 232 g/mol. The van der Waals surface area contributed by atoms with Crippen molar-refractivity contribution in [3.05, 3.63) is 35.4 Å². The standard InChI is InChI=1S/C8H3F7/c9-4-1-2-5(6(10)3-4)7(11,12)8(13,14)15/h1-3H. The van der Waals surface area contributed by atoms with Crippen molar-refractivity contribution < 1.29 is 30.7 Å². The van der Waals surface area contributed by atoms with Crippen LogP contribution in [0.4, 0.5) is 30.7 Å². The summed E-state index contributed by atoms with van der Waals surface area (Å²) in [6.07, 6.45) is -5.91. The zero-order chi connectivity index (χ0) is 11.9. The first-order chi connectivity index (χ1) is 6.66. The van der Waals surface area contributed by atoms with Crippen molar-refractivity contribution in [2.24, 2.45) is 0 Å². The maximum Gasteiger partial charge on any atom is 0.458 e. The first-order valence-corrected chi connectivity index (χ1v) is 3.56. The van der Waals surface area contributed by atoms with Gasteiger partial charge >= 0.3 is 12.1 Å². The minimum atomic E-state index is -5.91. The third kappa shape index (κ3) is 2.05. The Balaban J connectivity index is 3.28. The van der Waals surface area contributed by atoms with Gasteiger partial charge in [0.15, 0.2) is 0 Å². The summed E-state index contributed by atoms with van der Waals surface area (Å²) in [4.78, 5) is 0. The largest absolute Gasteiger partial charge is 0.458 e. The maximum absolute atomic E-state index is 12.7. The van der Waals surface area contributed by atoms with Crippen LogP contribution in [-0.2, 0) is 5.92 Å². The van der Waals surface area contributed by atoms with Gasteiger partial charge in [-0.2, -0.15) is 22.0 Å². The summed E-state index contributed by atoms with van der Waals surface area (Å²) in [6.45, 7) is 0. The maximum atomic E-state index is 12.7. The number of rotatable bonds is 1. The number of hydrogen-bond donors (Lipinski definition) is 0. The molecule has 1 rings (SSSR count). The molecule has 0 atom stereocenters. The molecule has 84 valence electrons. The fourth-order valence-corrected chi connectivity index (χ4v) is 0.897. The predicted octanol–water partition coefficient (Wildman–Crippen LogP) is 3.62. The minimum absolute atomic E-state index is 0.0328. The summed E-state index contributed by atoms with van der Waals surface area (Å²) in [5, 5.41) is 0. The first kappa shape index (κ1) is 11.8. The van der Waals surface area contributed by atoms with Crippen LogP contribution >= 0.6 is 0 Å². The van der Waals surface area contributed by atoms with Gasteiger partial charge in [0.05, 0.1) is 5.56 Å². The molecule has 0 bridgehead atoms. The molecule has 0 unspecified atom stereocenters. The average Bonchev–Trinajstić information content (AvgIpc) is 2.00. The first-order valence-electron chi connectivity index (χ1n) is 3.56. The van der Waals surface area contributed by atoms with Crippen LogP contribution in [0.3, 0.4) is 0 Å². The summed E-state index contributed by atoms with van der Waals surface area (Å²) in [5.74, 6) is -8.49. The molecular formula is C8H3F7. The lowest BCUT2D eigenvalue weighted by atomic mass is 10.1. The molecule has 0 saturated carbocycles. The van der Waals surface area contributed by atoms with E-state index in [4.69, 9.17) is 0 Å². The molecule has 0 saturated heterocycles. The van der Waals surface area contributed by atoms with Gasteiger partial charge in [-0.3, -0.25) is 0 Å². The van der Waals surface area contributed by atoms with E-state index in [0.29, 0.717) is 6.07 Å². The Kier molecular flexibility index (Phi) is 2.67. The summed E-state index contributed by atoms with van der Waals surface area (Å²) < 4.78 is 85.4. The number of hydrogen-bond acceptors (Lipinski definition) is 0. The molecule has 0 aliphatic rings. The van der Waals surface area contributed by atoms with Crippen LogP contribution in [-0.4, -0.2) is 6.18 Å². The Bertz CT molecular complexity index is 366. The smallest absolute Gasteiger partial charge is 0.207 e. The Hall–Kier alpha value is -1.27. The van der Waals surface area contributed by atoms with Crippen LogP contribution in [0.15, 0.2) is 18.2 Å². The molecule has 0 aromatic heterocycles. The molecule has 0 N–H and O–H groups in total. The molecule has 0 aliphatic carbocycles. The third-order valence-corrected chi connectivity index (χ3v) is 1.63. The van der Waals surface area contributed by atoms with E-state index in [1.54, 1.807) is 0 Å². The molecule has 0 radical (unpaired) electrons. The van der Waals surface area contributed by atoms with Gasteiger partial charge in [0, 0.05) is 6.07 Å². The fourth-order valence-electron chi connectivity index (χ4n) is 0.897. The van der Waals surface area contributed by atoms with Crippen LogP contribution in [0.5, 0.6) is 0 Å². The van der Waals surface area contributed by atoms with E-state index >= 15 is 0 Å². The molecule has 0 heterocycles. The highest BCUT2D eigenvalue weighted by molar-refractivity contribution is 5.24. The summed E-state index contributed by atoms with van der Waals surface area (Å²) >= 11 is 0. The van der Waals surface area contributed by atoms with Crippen LogP contribution in [0, 0.1) is 11.6 Å². The van der Waals surface area contributed by atoms with E-state index in [9.17, 15) is 30.7 Å². The van der Waals surface area contributed by atoms with Gasteiger partial charge in [-0.05, 0) is 12.1 Å². The van der Waals surface area contributed by atoms with Gasteiger partial charge in [0.1, 0.15) is 11.6 Å². The van der Waals surface area contributed by atoms with Crippen LogP contribution in [0.25, 0.3) is 0 Å². The van der Waals surface area contributed by atoms with Crippen molar-refractivity contribution in [2.75, 3.05) is 0 Å². The Morgan fingerprint density at radius 1 is 0.867 bits per heavy atom. The van der Waals surface area contributed by atoms with E-state index in [2.05, 4.69) is 0 Å². The minimum Gasteiger partial charge on any atom is -0.207 e. The van der Waals surface area contributed by atoms with Gasteiger partial charge in [0.25, 0.3) is 0 Å². The van der Waals surface area contributed by atoms with Crippen molar-refractivity contribution in [3.63, 3.8) is 0 Å². The summed E-state index contributed by atoms with van der Waals surface area (Å²) in [7, 11) is 0. The zero-order valence-electron chi connectivity index (χ0n) is 6.88. The SMILES string of the molecule is Fc1ccc(C(F)(F)C(F)(F)F)c(F)c1.